The fraction of sp³-hybridized carbons (Fsp3) is 0.417. The van der Waals surface area contributed by atoms with E-state index in [2.05, 4.69) is 4.40 Å². The van der Waals surface area contributed by atoms with Crippen LogP contribution >= 0.6 is 0 Å². The van der Waals surface area contributed by atoms with Gasteiger partial charge in [-0.15, -0.1) is 0 Å². The van der Waals surface area contributed by atoms with Crippen LogP contribution in [0.1, 0.15) is 26.3 Å². The molecule has 1 aliphatic heterocycles. The number of benzene rings is 1. The van der Waals surface area contributed by atoms with Crippen molar-refractivity contribution in [1.29, 1.82) is 0 Å². The zero-order valence-electron chi connectivity index (χ0n) is 10.3. The molecule has 0 radical (unpaired) electrons. The van der Waals surface area contributed by atoms with E-state index in [9.17, 15) is 8.42 Å². The van der Waals surface area contributed by atoms with E-state index in [4.69, 9.17) is 4.74 Å². The highest BCUT2D eigenvalue weighted by Crippen LogP contribution is 2.35. The Labute approximate surface area is 101 Å². The van der Waals surface area contributed by atoms with E-state index < -0.39 is 10.0 Å². The van der Waals surface area contributed by atoms with Gasteiger partial charge in [-0.05, 0) is 18.2 Å². The van der Waals surface area contributed by atoms with Crippen molar-refractivity contribution >= 4 is 15.7 Å². The van der Waals surface area contributed by atoms with E-state index in [0.717, 1.165) is 0 Å². The maximum absolute atomic E-state index is 11.9. The molecule has 0 saturated carbocycles. The first kappa shape index (κ1) is 12.1. The Morgan fingerprint density at radius 2 is 1.88 bits per heavy atom. The zero-order chi connectivity index (χ0) is 12.8. The van der Waals surface area contributed by atoms with Gasteiger partial charge in [0.15, 0.2) is 0 Å². The van der Waals surface area contributed by atoms with Crippen molar-refractivity contribution in [2.24, 2.45) is 9.81 Å². The van der Waals surface area contributed by atoms with Gasteiger partial charge in [-0.2, -0.15) is 12.8 Å². The van der Waals surface area contributed by atoms with Gasteiger partial charge in [-0.25, -0.2) is 0 Å². The van der Waals surface area contributed by atoms with Crippen molar-refractivity contribution in [3.8, 4) is 5.75 Å². The Morgan fingerprint density at radius 3 is 2.41 bits per heavy atom. The van der Waals surface area contributed by atoms with Gasteiger partial charge in [-0.3, -0.25) is 0 Å². The van der Waals surface area contributed by atoms with Crippen LogP contribution in [0, 0.1) is 5.41 Å². The van der Waals surface area contributed by atoms with Crippen LogP contribution in [0.25, 0.3) is 0 Å². The van der Waals surface area contributed by atoms with E-state index in [0.29, 0.717) is 17.0 Å². The summed E-state index contributed by atoms with van der Waals surface area (Å²) in [5, 5.41) is 0. The molecule has 0 aliphatic carbocycles. The standard InChI is InChI=1S/C12H15NO3S/c1-12(2,3)11-9-7-8(16-4)5-6-10(9)17(14,15)13-11/h5-7H,1-4H3. The Bertz CT molecular complexity index is 595. The molecule has 0 fully saturated rings. The SMILES string of the molecule is COc1ccc2c(c1)C(C(C)(C)C)=NS2(=O)=O. The van der Waals surface area contributed by atoms with E-state index in [1.165, 1.54) is 0 Å². The zero-order valence-corrected chi connectivity index (χ0v) is 11.1. The summed E-state index contributed by atoms with van der Waals surface area (Å²) in [7, 11) is -1.98. The van der Waals surface area contributed by atoms with Crippen LogP contribution in [0.2, 0.25) is 0 Å². The second-order valence-electron chi connectivity index (χ2n) is 5.03. The summed E-state index contributed by atoms with van der Waals surface area (Å²) in [5.74, 6) is 0.637. The van der Waals surface area contributed by atoms with Gasteiger partial charge in [0.05, 0.1) is 17.7 Å². The van der Waals surface area contributed by atoms with Gasteiger partial charge in [0.2, 0.25) is 0 Å². The minimum atomic E-state index is -3.53. The summed E-state index contributed by atoms with van der Waals surface area (Å²) in [6, 6.07) is 4.91. The van der Waals surface area contributed by atoms with E-state index >= 15 is 0 Å². The smallest absolute Gasteiger partial charge is 0.283 e. The number of sulfonamides is 1. The molecule has 0 atom stereocenters. The highest BCUT2D eigenvalue weighted by Gasteiger charge is 2.35. The van der Waals surface area contributed by atoms with E-state index in [1.807, 2.05) is 20.8 Å². The maximum atomic E-state index is 11.9. The highest BCUT2D eigenvalue weighted by molar-refractivity contribution is 7.90. The lowest BCUT2D eigenvalue weighted by Gasteiger charge is -2.18. The maximum Gasteiger partial charge on any atom is 0.283 e. The quantitative estimate of drug-likeness (QED) is 0.771. The summed E-state index contributed by atoms with van der Waals surface area (Å²) >= 11 is 0. The van der Waals surface area contributed by atoms with Gasteiger partial charge in [0.25, 0.3) is 10.0 Å². The van der Waals surface area contributed by atoms with Crippen molar-refractivity contribution in [3.63, 3.8) is 0 Å². The van der Waals surface area contributed by atoms with Gasteiger partial charge in [0, 0.05) is 11.0 Å². The fourth-order valence-corrected chi connectivity index (χ4v) is 3.19. The number of ether oxygens (including phenoxy) is 1. The third-order valence-corrected chi connectivity index (χ3v) is 3.98. The Morgan fingerprint density at radius 1 is 1.24 bits per heavy atom. The van der Waals surface area contributed by atoms with Crippen molar-refractivity contribution < 1.29 is 13.2 Å². The molecule has 2 rings (SSSR count). The predicted molar refractivity (Wildman–Crippen MR) is 66.2 cm³/mol. The Balaban J connectivity index is 2.72. The normalized spacial score (nSPS) is 17.5. The summed E-state index contributed by atoms with van der Waals surface area (Å²) < 4.78 is 32.7. The lowest BCUT2D eigenvalue weighted by atomic mass is 9.86. The molecule has 1 heterocycles. The Hall–Kier alpha value is -1.36. The third kappa shape index (κ3) is 1.95. The fourth-order valence-electron chi connectivity index (χ4n) is 1.81. The monoisotopic (exact) mass is 253 g/mol. The number of rotatable bonds is 1. The molecule has 0 N–H and O–H groups in total. The molecule has 0 saturated heterocycles. The van der Waals surface area contributed by atoms with Gasteiger partial charge in [-0.1, -0.05) is 20.8 Å². The van der Waals surface area contributed by atoms with Crippen molar-refractivity contribution in [3.05, 3.63) is 23.8 Å². The number of methoxy groups -OCH3 is 1. The van der Waals surface area contributed by atoms with Crippen LogP contribution in [0.3, 0.4) is 0 Å². The molecule has 1 aromatic carbocycles. The number of fused-ring (bicyclic) bond motifs is 1. The van der Waals surface area contributed by atoms with E-state index in [-0.39, 0.29) is 10.3 Å². The van der Waals surface area contributed by atoms with Crippen molar-refractivity contribution in [2.75, 3.05) is 7.11 Å². The molecule has 92 valence electrons. The molecule has 17 heavy (non-hydrogen) atoms. The number of hydrogen-bond acceptors (Lipinski definition) is 3. The molecule has 0 unspecified atom stereocenters. The van der Waals surface area contributed by atoms with Gasteiger partial charge < -0.3 is 4.74 Å². The summed E-state index contributed by atoms with van der Waals surface area (Å²) in [4.78, 5) is 0.267. The molecule has 0 spiro atoms. The van der Waals surface area contributed by atoms with Crippen LogP contribution in [0.5, 0.6) is 5.75 Å². The predicted octanol–water partition coefficient (Wildman–Crippen LogP) is 2.23. The molecule has 1 aliphatic rings. The van der Waals surface area contributed by atoms with Crippen LogP contribution in [0.15, 0.2) is 27.5 Å². The summed E-state index contributed by atoms with van der Waals surface area (Å²) in [6.45, 7) is 5.82. The third-order valence-electron chi connectivity index (χ3n) is 2.64. The highest BCUT2D eigenvalue weighted by atomic mass is 32.2. The van der Waals surface area contributed by atoms with Gasteiger partial charge >= 0.3 is 0 Å². The summed E-state index contributed by atoms with van der Waals surface area (Å²) in [6.07, 6.45) is 0. The molecule has 4 nitrogen and oxygen atoms in total. The van der Waals surface area contributed by atoms with Crippen molar-refractivity contribution in [1.82, 2.24) is 0 Å². The topological polar surface area (TPSA) is 55.7 Å². The average Bonchev–Trinajstić information content (AvgIpc) is 2.50. The van der Waals surface area contributed by atoms with Crippen LogP contribution < -0.4 is 4.74 Å². The molecular formula is C12H15NO3S. The van der Waals surface area contributed by atoms with Gasteiger partial charge in [0.1, 0.15) is 5.75 Å². The second kappa shape index (κ2) is 3.57. The molecule has 0 amide bonds. The van der Waals surface area contributed by atoms with Crippen LogP contribution in [-0.4, -0.2) is 21.2 Å². The molecule has 5 heteroatoms. The summed E-state index contributed by atoms with van der Waals surface area (Å²) in [5.41, 5.74) is 0.924. The first-order valence-corrected chi connectivity index (χ1v) is 6.73. The lowest BCUT2D eigenvalue weighted by Crippen LogP contribution is -2.19. The van der Waals surface area contributed by atoms with Crippen molar-refractivity contribution in [2.45, 2.75) is 25.7 Å². The van der Waals surface area contributed by atoms with E-state index in [1.54, 1.807) is 25.3 Å². The minimum absolute atomic E-state index is 0.267. The second-order valence-corrected chi connectivity index (χ2v) is 6.60. The minimum Gasteiger partial charge on any atom is -0.497 e. The molecule has 1 aromatic rings. The average molecular weight is 253 g/mol. The first-order valence-electron chi connectivity index (χ1n) is 5.29. The van der Waals surface area contributed by atoms with Crippen LogP contribution in [0.4, 0.5) is 0 Å². The number of nitrogens with zero attached hydrogens (tertiary/aromatic N) is 1. The molecule has 0 bridgehead atoms. The Kier molecular flexibility index (Phi) is 2.54. The first-order chi connectivity index (χ1) is 7.75. The largest absolute Gasteiger partial charge is 0.497 e. The number of hydrogen-bond donors (Lipinski definition) is 0. The molecule has 0 aromatic heterocycles. The lowest BCUT2D eigenvalue weighted by molar-refractivity contribution is 0.414. The van der Waals surface area contributed by atoms with Crippen LogP contribution in [-0.2, 0) is 10.0 Å². The molecular weight excluding hydrogens is 238 g/mol.